The second kappa shape index (κ2) is 9.34. The fourth-order valence-corrected chi connectivity index (χ4v) is 4.38. The Kier molecular flexibility index (Phi) is 6.55. The molecule has 0 atom stereocenters. The highest BCUT2D eigenvalue weighted by Gasteiger charge is 2.12. The Morgan fingerprint density at radius 1 is 1.13 bits per heavy atom. The fraction of sp³-hybridized carbons (Fsp3) is 0.0870. The van der Waals surface area contributed by atoms with Crippen LogP contribution in [-0.2, 0) is 6.61 Å². The molecule has 0 saturated carbocycles. The molecule has 0 amide bonds. The molecule has 0 fully saturated rings. The predicted molar refractivity (Wildman–Crippen MR) is 131 cm³/mol. The number of ether oxygens (including phenoxy) is 1. The van der Waals surface area contributed by atoms with Gasteiger partial charge in [-0.05, 0) is 58.7 Å². The monoisotopic (exact) mass is 559 g/mol. The van der Waals surface area contributed by atoms with E-state index in [2.05, 4.69) is 41.9 Å². The van der Waals surface area contributed by atoms with E-state index < -0.39 is 0 Å². The van der Waals surface area contributed by atoms with Gasteiger partial charge in [0.15, 0.2) is 0 Å². The first-order valence-electron chi connectivity index (χ1n) is 9.31. The summed E-state index contributed by atoms with van der Waals surface area (Å²) in [6.07, 6.45) is 1.55. The van der Waals surface area contributed by atoms with Gasteiger partial charge in [-0.3, -0.25) is 4.79 Å². The topological polar surface area (TPSA) is 56.5 Å². The number of benzene rings is 3. The highest BCUT2D eigenvalue weighted by Crippen LogP contribution is 2.32. The maximum absolute atomic E-state index is 13.0. The first kappa shape index (κ1) is 21.7. The quantitative estimate of drug-likeness (QED) is 0.267. The average molecular weight is 562 g/mol. The summed E-state index contributed by atoms with van der Waals surface area (Å²) in [6, 6.07) is 18.7. The van der Waals surface area contributed by atoms with Crippen molar-refractivity contribution in [1.82, 2.24) is 9.66 Å². The Morgan fingerprint density at radius 3 is 2.68 bits per heavy atom. The molecule has 1 aromatic heterocycles. The molecule has 0 aliphatic rings. The number of nitrogens with zero attached hydrogens (tertiary/aromatic N) is 3. The van der Waals surface area contributed by atoms with Gasteiger partial charge in [0, 0.05) is 15.1 Å². The van der Waals surface area contributed by atoms with Gasteiger partial charge in [-0.1, -0.05) is 57.9 Å². The van der Waals surface area contributed by atoms with Crippen molar-refractivity contribution in [3.63, 3.8) is 0 Å². The second-order valence-corrected chi connectivity index (χ2v) is 8.97. The van der Waals surface area contributed by atoms with Crippen molar-refractivity contribution in [2.45, 2.75) is 13.5 Å². The SMILES string of the molecule is Cc1nc2ccc(Br)cc2c(=O)n1N=Cc1cc(Cl)cc(Br)c1OCc1ccccc1. The molecule has 0 spiro atoms. The van der Waals surface area contributed by atoms with Crippen molar-refractivity contribution in [1.29, 1.82) is 0 Å². The second-order valence-electron chi connectivity index (χ2n) is 6.76. The van der Waals surface area contributed by atoms with Crippen molar-refractivity contribution < 1.29 is 4.74 Å². The molecule has 3 aromatic carbocycles. The lowest BCUT2D eigenvalue weighted by molar-refractivity contribution is 0.304. The minimum Gasteiger partial charge on any atom is -0.487 e. The third kappa shape index (κ3) is 4.89. The number of aromatic nitrogens is 2. The summed E-state index contributed by atoms with van der Waals surface area (Å²) in [5.74, 6) is 1.06. The molecule has 4 rings (SSSR count). The van der Waals surface area contributed by atoms with Crippen LogP contribution in [0.25, 0.3) is 10.9 Å². The summed E-state index contributed by atoms with van der Waals surface area (Å²) >= 11 is 13.2. The molecule has 156 valence electrons. The minimum atomic E-state index is -0.257. The third-order valence-electron chi connectivity index (χ3n) is 4.55. The fourth-order valence-electron chi connectivity index (χ4n) is 3.07. The van der Waals surface area contributed by atoms with Gasteiger partial charge in [0.2, 0.25) is 0 Å². The molecule has 0 unspecified atom stereocenters. The number of rotatable bonds is 5. The zero-order valence-electron chi connectivity index (χ0n) is 16.3. The molecule has 0 saturated heterocycles. The van der Waals surface area contributed by atoms with Crippen LogP contribution in [0.5, 0.6) is 5.75 Å². The van der Waals surface area contributed by atoms with Gasteiger partial charge in [0.05, 0.1) is 21.6 Å². The molecular weight excluding hydrogens is 546 g/mol. The Hall–Kier alpha value is -2.48. The Labute approximate surface area is 200 Å². The van der Waals surface area contributed by atoms with Crippen LogP contribution >= 0.6 is 43.5 Å². The van der Waals surface area contributed by atoms with Crippen LogP contribution in [0.2, 0.25) is 5.02 Å². The molecule has 0 bridgehead atoms. The highest BCUT2D eigenvalue weighted by molar-refractivity contribution is 9.10. The van der Waals surface area contributed by atoms with E-state index in [0.29, 0.717) is 44.1 Å². The highest BCUT2D eigenvalue weighted by atomic mass is 79.9. The largest absolute Gasteiger partial charge is 0.487 e. The van der Waals surface area contributed by atoms with Crippen LogP contribution < -0.4 is 10.3 Å². The number of hydrogen-bond acceptors (Lipinski definition) is 4. The lowest BCUT2D eigenvalue weighted by atomic mass is 10.2. The van der Waals surface area contributed by atoms with E-state index in [0.717, 1.165) is 10.0 Å². The number of halogens is 3. The molecule has 0 N–H and O–H groups in total. The van der Waals surface area contributed by atoms with E-state index >= 15 is 0 Å². The number of hydrogen-bond donors (Lipinski definition) is 0. The minimum absolute atomic E-state index is 0.257. The molecule has 1 heterocycles. The van der Waals surface area contributed by atoms with E-state index in [9.17, 15) is 4.79 Å². The lowest BCUT2D eigenvalue weighted by Gasteiger charge is -2.12. The van der Waals surface area contributed by atoms with Crippen LogP contribution in [0, 0.1) is 6.92 Å². The first-order valence-corrected chi connectivity index (χ1v) is 11.3. The van der Waals surface area contributed by atoms with Crippen molar-refractivity contribution in [3.8, 4) is 5.75 Å². The molecular formula is C23H16Br2ClN3O2. The molecule has 0 aliphatic carbocycles. The standard InChI is InChI=1S/C23H16Br2ClN3O2/c1-14-28-21-8-7-17(24)10-19(21)23(30)29(14)27-12-16-9-18(26)11-20(25)22(16)31-13-15-5-3-2-4-6-15/h2-12H,13H2,1H3. The summed E-state index contributed by atoms with van der Waals surface area (Å²) in [5, 5.41) is 5.39. The van der Waals surface area contributed by atoms with E-state index in [1.165, 1.54) is 4.68 Å². The molecule has 5 nitrogen and oxygen atoms in total. The predicted octanol–water partition coefficient (Wildman–Crippen LogP) is 6.34. The normalized spacial score (nSPS) is 11.4. The molecule has 31 heavy (non-hydrogen) atoms. The molecule has 4 aromatic rings. The first-order chi connectivity index (χ1) is 14.9. The van der Waals surface area contributed by atoms with Gasteiger partial charge < -0.3 is 4.74 Å². The zero-order valence-corrected chi connectivity index (χ0v) is 20.3. The van der Waals surface area contributed by atoms with Crippen LogP contribution in [0.4, 0.5) is 0 Å². The van der Waals surface area contributed by atoms with Gasteiger partial charge >= 0.3 is 0 Å². The number of aryl methyl sites for hydroxylation is 1. The summed E-state index contributed by atoms with van der Waals surface area (Å²) in [4.78, 5) is 17.5. The van der Waals surface area contributed by atoms with E-state index in [1.807, 2.05) is 36.4 Å². The van der Waals surface area contributed by atoms with Crippen molar-refractivity contribution in [2.75, 3.05) is 0 Å². The zero-order chi connectivity index (χ0) is 22.0. The molecule has 0 radical (unpaired) electrons. The molecule has 0 aliphatic heterocycles. The van der Waals surface area contributed by atoms with E-state index in [4.69, 9.17) is 16.3 Å². The Bertz CT molecular complexity index is 1350. The van der Waals surface area contributed by atoms with Crippen molar-refractivity contribution in [3.05, 3.63) is 102 Å². The average Bonchev–Trinajstić information content (AvgIpc) is 2.74. The third-order valence-corrected chi connectivity index (χ3v) is 5.85. The maximum Gasteiger partial charge on any atom is 0.282 e. The van der Waals surface area contributed by atoms with Gasteiger partial charge in [-0.2, -0.15) is 9.78 Å². The molecule has 8 heteroatoms. The smallest absolute Gasteiger partial charge is 0.282 e. The maximum atomic E-state index is 13.0. The van der Waals surface area contributed by atoms with Gasteiger partial charge in [-0.15, -0.1) is 0 Å². The number of fused-ring (bicyclic) bond motifs is 1. The van der Waals surface area contributed by atoms with Crippen LogP contribution in [0.3, 0.4) is 0 Å². The van der Waals surface area contributed by atoms with Crippen LogP contribution in [0.15, 0.2) is 79.5 Å². The summed E-state index contributed by atoms with van der Waals surface area (Å²) in [7, 11) is 0. The van der Waals surface area contributed by atoms with Crippen LogP contribution in [0.1, 0.15) is 17.0 Å². The van der Waals surface area contributed by atoms with Crippen molar-refractivity contribution in [2.24, 2.45) is 5.10 Å². The Morgan fingerprint density at radius 2 is 1.90 bits per heavy atom. The van der Waals surface area contributed by atoms with E-state index in [1.54, 1.807) is 37.4 Å². The lowest BCUT2D eigenvalue weighted by Crippen LogP contribution is -2.20. The summed E-state index contributed by atoms with van der Waals surface area (Å²) < 4.78 is 8.80. The van der Waals surface area contributed by atoms with Gasteiger partial charge in [-0.25, -0.2) is 4.98 Å². The summed E-state index contributed by atoms with van der Waals surface area (Å²) in [6.45, 7) is 2.12. The van der Waals surface area contributed by atoms with Crippen LogP contribution in [-0.4, -0.2) is 15.9 Å². The van der Waals surface area contributed by atoms with Gasteiger partial charge in [0.25, 0.3) is 5.56 Å². The Balaban J connectivity index is 1.73. The summed E-state index contributed by atoms with van der Waals surface area (Å²) in [5.41, 5.74) is 2.03. The van der Waals surface area contributed by atoms with Gasteiger partial charge in [0.1, 0.15) is 18.2 Å². The van der Waals surface area contributed by atoms with E-state index in [-0.39, 0.29) is 5.56 Å². The van der Waals surface area contributed by atoms with Crippen molar-refractivity contribution >= 4 is 60.6 Å².